The predicted octanol–water partition coefficient (Wildman–Crippen LogP) is 3.71. The fraction of sp³-hybridized carbons (Fsp3) is 0.364. The van der Waals surface area contributed by atoms with Gasteiger partial charge in [0.2, 0.25) is 0 Å². The zero-order valence-electron chi connectivity index (χ0n) is 8.54. The maximum Gasteiger partial charge on any atom is 0.303 e. The van der Waals surface area contributed by atoms with Crippen molar-refractivity contribution < 1.29 is 15.0 Å². The van der Waals surface area contributed by atoms with E-state index in [1.807, 2.05) is 6.07 Å². The fourth-order valence-electron chi connectivity index (χ4n) is 1.37. The number of hydrogen-bond donors (Lipinski definition) is 2. The third-order valence-corrected chi connectivity index (χ3v) is 3.76. The van der Waals surface area contributed by atoms with Gasteiger partial charge >= 0.3 is 5.97 Å². The lowest BCUT2D eigenvalue weighted by Gasteiger charge is -2.07. The Kier molecular flexibility index (Phi) is 5.28. The third kappa shape index (κ3) is 3.79. The molecule has 0 spiro atoms. The second-order valence-corrected chi connectivity index (χ2v) is 5.12. The standard InChI is InChI=1S/C11H12Br2O3/c12-8-6-5-7(10(13)11(8)16)3-1-2-4-9(14)15/h5-6,16H,1-4H2,(H,14,15). The number of aromatic hydroxyl groups is 1. The minimum absolute atomic E-state index is 0.190. The van der Waals surface area contributed by atoms with Gasteiger partial charge in [-0.15, -0.1) is 0 Å². The number of aliphatic carboxylic acids is 1. The number of phenolic OH excluding ortho intramolecular Hbond substituents is 1. The van der Waals surface area contributed by atoms with E-state index in [1.165, 1.54) is 0 Å². The molecule has 88 valence electrons. The van der Waals surface area contributed by atoms with E-state index in [2.05, 4.69) is 31.9 Å². The minimum Gasteiger partial charge on any atom is -0.506 e. The molecule has 0 saturated heterocycles. The molecular weight excluding hydrogens is 340 g/mol. The van der Waals surface area contributed by atoms with Crippen LogP contribution >= 0.6 is 31.9 Å². The van der Waals surface area contributed by atoms with E-state index in [1.54, 1.807) is 6.07 Å². The zero-order chi connectivity index (χ0) is 12.1. The van der Waals surface area contributed by atoms with Gasteiger partial charge in [0.15, 0.2) is 0 Å². The lowest BCUT2D eigenvalue weighted by atomic mass is 10.1. The molecule has 0 aliphatic carbocycles. The molecule has 3 nitrogen and oxygen atoms in total. The number of phenols is 1. The fourth-order valence-corrected chi connectivity index (χ4v) is 2.51. The smallest absolute Gasteiger partial charge is 0.303 e. The third-order valence-electron chi connectivity index (χ3n) is 2.23. The lowest BCUT2D eigenvalue weighted by molar-refractivity contribution is -0.137. The highest BCUT2D eigenvalue weighted by atomic mass is 79.9. The van der Waals surface area contributed by atoms with Crippen molar-refractivity contribution >= 4 is 37.8 Å². The molecule has 0 aliphatic heterocycles. The van der Waals surface area contributed by atoms with Gasteiger partial charge in [0, 0.05) is 6.42 Å². The molecule has 0 radical (unpaired) electrons. The molecule has 0 saturated carbocycles. The lowest BCUT2D eigenvalue weighted by Crippen LogP contribution is -1.95. The number of benzene rings is 1. The summed E-state index contributed by atoms with van der Waals surface area (Å²) in [6.07, 6.45) is 2.40. The number of halogens is 2. The van der Waals surface area contributed by atoms with Crippen LogP contribution in [-0.4, -0.2) is 16.2 Å². The van der Waals surface area contributed by atoms with Crippen LogP contribution in [0.4, 0.5) is 0 Å². The molecule has 0 aliphatic rings. The molecular formula is C11H12Br2O3. The first-order valence-corrected chi connectivity index (χ1v) is 6.48. The van der Waals surface area contributed by atoms with Crippen LogP contribution in [0.15, 0.2) is 21.1 Å². The SMILES string of the molecule is O=C(O)CCCCc1ccc(Br)c(O)c1Br. The molecule has 0 amide bonds. The first-order valence-electron chi connectivity index (χ1n) is 4.90. The highest BCUT2D eigenvalue weighted by Gasteiger charge is 2.08. The van der Waals surface area contributed by atoms with Crippen molar-refractivity contribution in [1.29, 1.82) is 0 Å². The van der Waals surface area contributed by atoms with Crippen LogP contribution in [0.25, 0.3) is 0 Å². The Labute approximate surface area is 111 Å². The van der Waals surface area contributed by atoms with Gasteiger partial charge in [-0.05, 0) is 62.8 Å². The molecule has 0 fully saturated rings. The molecule has 1 rings (SSSR count). The Morgan fingerprint density at radius 1 is 1.25 bits per heavy atom. The number of unbranched alkanes of at least 4 members (excludes halogenated alkanes) is 1. The Hall–Kier alpha value is -0.550. The number of carboxylic acids is 1. The van der Waals surface area contributed by atoms with Gasteiger partial charge in [-0.1, -0.05) is 6.07 Å². The van der Waals surface area contributed by atoms with Crippen molar-refractivity contribution in [1.82, 2.24) is 0 Å². The molecule has 0 atom stereocenters. The minimum atomic E-state index is -0.766. The highest BCUT2D eigenvalue weighted by Crippen LogP contribution is 2.35. The normalized spacial score (nSPS) is 10.4. The van der Waals surface area contributed by atoms with Gasteiger partial charge in [0.05, 0.1) is 8.95 Å². The Bertz CT molecular complexity index is 391. The van der Waals surface area contributed by atoms with E-state index in [-0.39, 0.29) is 12.2 Å². The monoisotopic (exact) mass is 350 g/mol. The van der Waals surface area contributed by atoms with E-state index in [4.69, 9.17) is 5.11 Å². The molecule has 1 aromatic rings. The topological polar surface area (TPSA) is 57.5 Å². The predicted molar refractivity (Wildman–Crippen MR) is 68.7 cm³/mol. The number of hydrogen-bond acceptors (Lipinski definition) is 2. The van der Waals surface area contributed by atoms with Gasteiger partial charge in [-0.3, -0.25) is 4.79 Å². The maximum absolute atomic E-state index is 10.3. The van der Waals surface area contributed by atoms with E-state index in [0.29, 0.717) is 15.4 Å². The van der Waals surface area contributed by atoms with Crippen molar-refractivity contribution in [2.45, 2.75) is 25.7 Å². The molecule has 16 heavy (non-hydrogen) atoms. The molecule has 0 bridgehead atoms. The van der Waals surface area contributed by atoms with Gasteiger partial charge < -0.3 is 10.2 Å². The van der Waals surface area contributed by atoms with Crippen LogP contribution in [0.3, 0.4) is 0 Å². The summed E-state index contributed by atoms with van der Waals surface area (Å²) in [6, 6.07) is 3.70. The average Bonchev–Trinajstić information content (AvgIpc) is 2.23. The van der Waals surface area contributed by atoms with Crippen LogP contribution in [0, 0.1) is 0 Å². The molecule has 5 heteroatoms. The van der Waals surface area contributed by atoms with E-state index in [9.17, 15) is 9.90 Å². The molecule has 2 N–H and O–H groups in total. The van der Waals surface area contributed by atoms with Crippen molar-refractivity contribution in [2.24, 2.45) is 0 Å². The summed E-state index contributed by atoms with van der Waals surface area (Å²) in [6.45, 7) is 0. The summed E-state index contributed by atoms with van der Waals surface area (Å²) >= 11 is 6.54. The van der Waals surface area contributed by atoms with Crippen LogP contribution in [0.2, 0.25) is 0 Å². The van der Waals surface area contributed by atoms with Gasteiger partial charge in [0.25, 0.3) is 0 Å². The Morgan fingerprint density at radius 3 is 2.56 bits per heavy atom. The van der Waals surface area contributed by atoms with Gasteiger partial charge in [0.1, 0.15) is 5.75 Å². The number of carbonyl (C=O) groups is 1. The van der Waals surface area contributed by atoms with Crippen molar-refractivity contribution in [3.05, 3.63) is 26.6 Å². The summed E-state index contributed by atoms with van der Waals surface area (Å²) in [7, 11) is 0. The summed E-state index contributed by atoms with van der Waals surface area (Å²) < 4.78 is 1.32. The molecule has 0 unspecified atom stereocenters. The highest BCUT2D eigenvalue weighted by molar-refractivity contribution is 9.11. The summed E-state index contributed by atoms with van der Waals surface area (Å²) in [5.41, 5.74) is 0.992. The Morgan fingerprint density at radius 2 is 1.94 bits per heavy atom. The quantitative estimate of drug-likeness (QED) is 0.795. The van der Waals surface area contributed by atoms with Crippen molar-refractivity contribution in [2.75, 3.05) is 0 Å². The zero-order valence-corrected chi connectivity index (χ0v) is 11.7. The van der Waals surface area contributed by atoms with Gasteiger partial charge in [-0.2, -0.15) is 0 Å². The number of aryl methyl sites for hydroxylation is 1. The van der Waals surface area contributed by atoms with E-state index >= 15 is 0 Å². The summed E-state index contributed by atoms with van der Waals surface area (Å²) in [5.74, 6) is -0.576. The van der Waals surface area contributed by atoms with Crippen molar-refractivity contribution in [3.8, 4) is 5.75 Å². The van der Waals surface area contributed by atoms with Crippen LogP contribution in [0.5, 0.6) is 5.75 Å². The van der Waals surface area contributed by atoms with Crippen LogP contribution in [0.1, 0.15) is 24.8 Å². The summed E-state index contributed by atoms with van der Waals surface area (Å²) in [5, 5.41) is 18.1. The van der Waals surface area contributed by atoms with E-state index in [0.717, 1.165) is 18.4 Å². The number of carboxylic acid groups (broad SMARTS) is 1. The second kappa shape index (κ2) is 6.25. The molecule has 0 heterocycles. The number of rotatable bonds is 5. The van der Waals surface area contributed by atoms with Crippen LogP contribution in [-0.2, 0) is 11.2 Å². The summed E-state index contributed by atoms with van der Waals surface area (Å²) in [4.78, 5) is 10.3. The van der Waals surface area contributed by atoms with E-state index < -0.39 is 5.97 Å². The first kappa shape index (κ1) is 13.5. The largest absolute Gasteiger partial charge is 0.506 e. The van der Waals surface area contributed by atoms with Crippen molar-refractivity contribution in [3.63, 3.8) is 0 Å². The van der Waals surface area contributed by atoms with Gasteiger partial charge in [-0.25, -0.2) is 0 Å². The Balaban J connectivity index is 2.55. The molecule has 1 aromatic carbocycles. The molecule has 0 aromatic heterocycles. The first-order chi connectivity index (χ1) is 7.52. The second-order valence-electron chi connectivity index (χ2n) is 3.47. The maximum atomic E-state index is 10.3. The average molecular weight is 352 g/mol. The van der Waals surface area contributed by atoms with Crippen LogP contribution < -0.4 is 0 Å².